The third kappa shape index (κ3) is 5.18. The first-order valence-corrected chi connectivity index (χ1v) is 13.6. The Bertz CT molecular complexity index is 1350. The first-order chi connectivity index (χ1) is 16.6. The number of fused-ring (bicyclic) bond motifs is 1. The van der Waals surface area contributed by atoms with Crippen LogP contribution in [0.15, 0.2) is 46.3 Å². The first-order valence-electron chi connectivity index (χ1n) is 11.2. The van der Waals surface area contributed by atoms with Gasteiger partial charge in [0.1, 0.15) is 10.5 Å². The van der Waals surface area contributed by atoms with Crippen molar-refractivity contribution in [3.63, 3.8) is 0 Å². The summed E-state index contributed by atoms with van der Waals surface area (Å²) in [5.41, 5.74) is 4.87. The fraction of sp³-hybridized carbons (Fsp3) is 0.360. The maximum absolute atomic E-state index is 13.7. The van der Waals surface area contributed by atoms with Crippen LogP contribution in [0.2, 0.25) is 0 Å². The van der Waals surface area contributed by atoms with Crippen LogP contribution in [0.4, 0.5) is 0 Å². The number of ketones is 1. The van der Waals surface area contributed by atoms with Gasteiger partial charge < -0.3 is 4.18 Å². The second-order valence-corrected chi connectivity index (χ2v) is 11.2. The van der Waals surface area contributed by atoms with Crippen LogP contribution in [-0.2, 0) is 16.7 Å². The molecule has 2 aromatic carbocycles. The van der Waals surface area contributed by atoms with Gasteiger partial charge in [-0.15, -0.1) is 11.8 Å². The highest BCUT2D eigenvalue weighted by Crippen LogP contribution is 2.43. The highest BCUT2D eigenvalue weighted by atomic mass is 32.2. The molecule has 0 aliphatic carbocycles. The molecule has 10 heteroatoms. The minimum absolute atomic E-state index is 0.0296. The summed E-state index contributed by atoms with van der Waals surface area (Å²) in [7, 11) is -4.13. The van der Waals surface area contributed by atoms with Crippen LogP contribution in [0.5, 0.6) is 5.88 Å². The molecule has 0 saturated carbocycles. The molecule has 1 aliphatic rings. The molecule has 0 N–H and O–H groups in total. The summed E-state index contributed by atoms with van der Waals surface area (Å²) in [6, 6.07) is 8.31. The summed E-state index contributed by atoms with van der Waals surface area (Å²) in [6.45, 7) is 10.2. The van der Waals surface area contributed by atoms with Gasteiger partial charge >= 0.3 is 10.1 Å². The van der Waals surface area contributed by atoms with Crippen molar-refractivity contribution in [2.24, 2.45) is 0 Å². The standard InChI is InChI=1S/C25H28N2O4S2.O2/c1-6-27-25(31-33(29,30)19-9-7-15(2)8-10-19)21(14-26-27)23(28)20-13-17(4)24-22(18(20)5)16(3)11-12-32-24;1-2/h7-10,13-14,16H,6,11-12H2,1-5H3;. The SMILES string of the molecule is CCn1ncc(C(=O)c2cc(C)c3c(c2C)C(C)CCS3)c1OS(=O)(=O)c1ccc(C)cc1.O=O. The number of rotatable bonds is 6. The Balaban J connectivity index is 0.00000167. The molecule has 1 atom stereocenters. The van der Waals surface area contributed by atoms with E-state index in [1.165, 1.54) is 33.5 Å². The van der Waals surface area contributed by atoms with Crippen molar-refractivity contribution >= 4 is 27.7 Å². The summed E-state index contributed by atoms with van der Waals surface area (Å²) in [6.07, 6.45) is 2.46. The van der Waals surface area contributed by atoms with E-state index in [4.69, 9.17) is 14.1 Å². The number of nitrogens with zero attached hydrogens (tertiary/aromatic N) is 2. The van der Waals surface area contributed by atoms with Gasteiger partial charge in [0.05, 0.1) is 6.20 Å². The predicted molar refractivity (Wildman–Crippen MR) is 137 cm³/mol. The summed E-state index contributed by atoms with van der Waals surface area (Å²) in [5.74, 6) is 1.10. The van der Waals surface area contributed by atoms with Crippen LogP contribution >= 0.6 is 11.8 Å². The van der Waals surface area contributed by atoms with E-state index in [1.807, 2.05) is 45.5 Å². The van der Waals surface area contributed by atoms with E-state index in [9.17, 15) is 13.2 Å². The number of aryl methyl sites for hydroxylation is 3. The fourth-order valence-corrected chi connectivity index (χ4v) is 6.69. The smallest absolute Gasteiger partial charge is 0.340 e. The molecule has 8 nitrogen and oxygen atoms in total. The van der Waals surface area contributed by atoms with Gasteiger partial charge in [0.25, 0.3) is 0 Å². The van der Waals surface area contributed by atoms with Gasteiger partial charge in [-0.1, -0.05) is 24.6 Å². The van der Waals surface area contributed by atoms with Crippen molar-refractivity contribution in [3.05, 3.63) is 79.8 Å². The fourth-order valence-electron chi connectivity index (χ4n) is 4.27. The molecule has 0 fully saturated rings. The number of carbonyl (C=O) groups excluding carboxylic acids is 1. The van der Waals surface area contributed by atoms with Crippen LogP contribution < -0.4 is 4.18 Å². The maximum Gasteiger partial charge on any atom is 0.340 e. The van der Waals surface area contributed by atoms with E-state index in [-0.39, 0.29) is 22.1 Å². The highest BCUT2D eigenvalue weighted by molar-refractivity contribution is 7.99. The molecule has 186 valence electrons. The van der Waals surface area contributed by atoms with Gasteiger partial charge in [0.15, 0.2) is 5.78 Å². The summed E-state index contributed by atoms with van der Waals surface area (Å²) < 4.78 is 32.9. The minimum atomic E-state index is -4.13. The van der Waals surface area contributed by atoms with E-state index in [0.717, 1.165) is 28.9 Å². The average molecular weight is 517 g/mol. The molecule has 0 radical (unpaired) electrons. The molecule has 1 unspecified atom stereocenters. The Kier molecular flexibility index (Phi) is 8.17. The van der Waals surface area contributed by atoms with Gasteiger partial charge in [-0.3, -0.25) is 4.79 Å². The number of hydrogen-bond acceptors (Lipinski definition) is 8. The molecule has 0 bridgehead atoms. The van der Waals surface area contributed by atoms with Crippen LogP contribution in [0.3, 0.4) is 0 Å². The van der Waals surface area contributed by atoms with Crippen molar-refractivity contribution in [2.75, 3.05) is 5.75 Å². The Morgan fingerprint density at radius 1 is 1.14 bits per heavy atom. The monoisotopic (exact) mass is 516 g/mol. The van der Waals surface area contributed by atoms with E-state index >= 15 is 0 Å². The van der Waals surface area contributed by atoms with Crippen molar-refractivity contribution in [2.45, 2.75) is 63.3 Å². The quantitative estimate of drug-likeness (QED) is 0.312. The summed E-state index contributed by atoms with van der Waals surface area (Å²) in [5, 5.41) is 4.23. The zero-order valence-corrected chi connectivity index (χ0v) is 22.0. The Labute approximate surface area is 209 Å². The summed E-state index contributed by atoms with van der Waals surface area (Å²) in [4.78, 5) is 29.0. The average Bonchev–Trinajstić information content (AvgIpc) is 3.24. The molecule has 4 rings (SSSR count). The molecule has 3 aromatic rings. The third-order valence-corrected chi connectivity index (χ3v) is 8.64. The number of thioether (sulfide) groups is 1. The van der Waals surface area contributed by atoms with Gasteiger partial charge in [0, 0.05) is 26.9 Å². The normalized spacial score (nSPS) is 15.1. The molecular formula is C25H28N2O6S2. The predicted octanol–water partition coefficient (Wildman–Crippen LogP) is 5.49. The highest BCUT2D eigenvalue weighted by Gasteiger charge is 2.30. The van der Waals surface area contributed by atoms with Crippen molar-refractivity contribution < 1.29 is 17.4 Å². The van der Waals surface area contributed by atoms with E-state index < -0.39 is 10.1 Å². The lowest BCUT2D eigenvalue weighted by Crippen LogP contribution is -2.16. The Morgan fingerprint density at radius 3 is 2.43 bits per heavy atom. The zero-order valence-electron chi connectivity index (χ0n) is 20.3. The number of hydrogen-bond donors (Lipinski definition) is 0. The zero-order chi connectivity index (χ0) is 25.9. The van der Waals surface area contributed by atoms with Gasteiger partial charge in [-0.05, 0) is 80.7 Å². The Morgan fingerprint density at radius 2 is 1.80 bits per heavy atom. The lowest BCUT2D eigenvalue weighted by molar-refractivity contribution is 0.103. The van der Waals surface area contributed by atoms with Crippen LogP contribution in [0.1, 0.15) is 64.4 Å². The molecule has 35 heavy (non-hydrogen) atoms. The first kappa shape index (κ1) is 26.6. The molecule has 2 heterocycles. The maximum atomic E-state index is 13.7. The van der Waals surface area contributed by atoms with E-state index in [2.05, 4.69) is 12.0 Å². The van der Waals surface area contributed by atoms with Crippen LogP contribution in [0, 0.1) is 30.7 Å². The topological polar surface area (TPSA) is 112 Å². The van der Waals surface area contributed by atoms with Crippen molar-refractivity contribution in [1.29, 1.82) is 0 Å². The van der Waals surface area contributed by atoms with Crippen LogP contribution in [0.25, 0.3) is 0 Å². The van der Waals surface area contributed by atoms with Crippen molar-refractivity contribution in [3.8, 4) is 5.88 Å². The van der Waals surface area contributed by atoms with Crippen LogP contribution in [-0.4, -0.2) is 29.7 Å². The second-order valence-electron chi connectivity index (χ2n) is 8.51. The van der Waals surface area contributed by atoms with E-state index in [0.29, 0.717) is 18.0 Å². The van der Waals surface area contributed by atoms with E-state index in [1.54, 1.807) is 12.1 Å². The molecule has 0 spiro atoms. The molecule has 0 saturated heterocycles. The van der Waals surface area contributed by atoms with Gasteiger partial charge in [-0.2, -0.15) is 13.5 Å². The molecular weight excluding hydrogens is 488 g/mol. The summed E-state index contributed by atoms with van der Waals surface area (Å²) >= 11 is 1.84. The van der Waals surface area contributed by atoms with Gasteiger partial charge in [-0.25, -0.2) is 4.68 Å². The lowest BCUT2D eigenvalue weighted by atomic mass is 9.87. The van der Waals surface area contributed by atoms with Crippen molar-refractivity contribution in [1.82, 2.24) is 9.78 Å². The molecule has 1 aromatic heterocycles. The largest absolute Gasteiger partial charge is 0.358 e. The molecule has 1 aliphatic heterocycles. The number of carbonyl (C=O) groups is 1. The minimum Gasteiger partial charge on any atom is -0.358 e. The number of aromatic nitrogens is 2. The Hall–Kier alpha value is -2.98. The second kappa shape index (κ2) is 10.7. The lowest BCUT2D eigenvalue weighted by Gasteiger charge is -2.27. The third-order valence-electron chi connectivity index (χ3n) is 6.14. The van der Waals surface area contributed by atoms with Gasteiger partial charge in [0.2, 0.25) is 5.88 Å². The molecule has 0 amide bonds. The number of benzene rings is 2.